The fourth-order valence-corrected chi connectivity index (χ4v) is 3.44. The molecule has 7 heteroatoms. The van der Waals surface area contributed by atoms with Crippen LogP contribution >= 0.6 is 27.7 Å². The monoisotopic (exact) mass is 381 g/mol. The van der Waals surface area contributed by atoms with Crippen LogP contribution in [0.2, 0.25) is 0 Å². The van der Waals surface area contributed by atoms with Crippen LogP contribution in [0.1, 0.15) is 42.1 Å². The Hall–Kier alpha value is -1.34. The van der Waals surface area contributed by atoms with E-state index in [9.17, 15) is 9.59 Å². The maximum atomic E-state index is 12.1. The third-order valence-corrected chi connectivity index (χ3v) is 5.10. The molecule has 1 aliphatic carbocycles. The Kier molecular flexibility index (Phi) is 4.83. The van der Waals surface area contributed by atoms with E-state index in [1.165, 1.54) is 11.8 Å². The average Bonchev–Trinajstić information content (AvgIpc) is 3.28. The molecule has 22 heavy (non-hydrogen) atoms. The average molecular weight is 382 g/mol. The zero-order chi connectivity index (χ0) is 15.5. The SMILES string of the molecule is O=C(CCCSc1n[nH]c(=O)n1C1CC1)c1ccc(Br)cc1. The van der Waals surface area contributed by atoms with Crippen LogP contribution in [0.5, 0.6) is 0 Å². The quantitative estimate of drug-likeness (QED) is 0.453. The summed E-state index contributed by atoms with van der Waals surface area (Å²) in [6.45, 7) is 0. The van der Waals surface area contributed by atoms with E-state index in [2.05, 4.69) is 26.1 Å². The Labute approximate surface area is 140 Å². The highest BCUT2D eigenvalue weighted by atomic mass is 79.9. The number of carbonyl (C=O) groups excluding carboxylic acids is 1. The van der Waals surface area contributed by atoms with E-state index >= 15 is 0 Å². The lowest BCUT2D eigenvalue weighted by Gasteiger charge is -2.03. The van der Waals surface area contributed by atoms with Gasteiger partial charge in [0.2, 0.25) is 0 Å². The van der Waals surface area contributed by atoms with Crippen LogP contribution in [0, 0.1) is 0 Å². The fourth-order valence-electron chi connectivity index (χ4n) is 2.22. The number of nitrogens with one attached hydrogen (secondary N) is 1. The molecule has 1 saturated carbocycles. The van der Waals surface area contributed by atoms with Gasteiger partial charge in [-0.2, -0.15) is 0 Å². The number of aromatic nitrogens is 3. The lowest BCUT2D eigenvalue weighted by atomic mass is 10.1. The number of H-pyrrole nitrogens is 1. The molecule has 0 saturated heterocycles. The van der Waals surface area contributed by atoms with E-state index in [-0.39, 0.29) is 11.5 Å². The second-order valence-corrected chi connectivity index (χ2v) is 7.27. The Morgan fingerprint density at radius 1 is 1.36 bits per heavy atom. The number of hydrogen-bond donors (Lipinski definition) is 1. The molecular formula is C15H16BrN3O2S. The molecule has 1 N–H and O–H groups in total. The molecule has 1 aliphatic rings. The Bertz CT molecular complexity index is 719. The third kappa shape index (κ3) is 3.70. The third-order valence-electron chi connectivity index (χ3n) is 3.53. The van der Waals surface area contributed by atoms with Crippen molar-refractivity contribution in [1.82, 2.24) is 14.8 Å². The second kappa shape index (κ2) is 6.83. The van der Waals surface area contributed by atoms with E-state index in [1.54, 1.807) is 4.57 Å². The van der Waals surface area contributed by atoms with Gasteiger partial charge in [0, 0.05) is 28.3 Å². The number of Topliss-reactive ketones (excluding diaryl/α,β-unsaturated/α-hetero) is 1. The van der Waals surface area contributed by atoms with Gasteiger partial charge in [-0.3, -0.25) is 9.36 Å². The van der Waals surface area contributed by atoms with Gasteiger partial charge in [-0.1, -0.05) is 39.8 Å². The number of ketones is 1. The van der Waals surface area contributed by atoms with E-state index in [4.69, 9.17) is 0 Å². The molecule has 116 valence electrons. The first-order valence-corrected chi connectivity index (χ1v) is 9.01. The molecule has 1 aromatic carbocycles. The molecule has 1 fully saturated rings. The summed E-state index contributed by atoms with van der Waals surface area (Å²) in [6.07, 6.45) is 3.38. The minimum Gasteiger partial charge on any atom is -0.294 e. The number of nitrogens with zero attached hydrogens (tertiary/aromatic N) is 2. The topological polar surface area (TPSA) is 67.8 Å². The number of aromatic amines is 1. The molecular weight excluding hydrogens is 366 g/mol. The van der Waals surface area contributed by atoms with Crippen molar-refractivity contribution in [2.24, 2.45) is 0 Å². The molecule has 0 amide bonds. The first kappa shape index (κ1) is 15.6. The zero-order valence-electron chi connectivity index (χ0n) is 11.9. The fraction of sp³-hybridized carbons (Fsp3) is 0.400. The van der Waals surface area contributed by atoms with Crippen LogP contribution in [0.25, 0.3) is 0 Å². The van der Waals surface area contributed by atoms with Gasteiger partial charge < -0.3 is 0 Å². The molecule has 0 aliphatic heterocycles. The van der Waals surface area contributed by atoms with Crippen LogP contribution in [-0.4, -0.2) is 26.3 Å². The number of thioether (sulfide) groups is 1. The largest absolute Gasteiger partial charge is 0.344 e. The predicted octanol–water partition coefficient (Wildman–Crippen LogP) is 3.42. The number of carbonyl (C=O) groups is 1. The maximum Gasteiger partial charge on any atom is 0.344 e. The minimum absolute atomic E-state index is 0.129. The molecule has 0 spiro atoms. The van der Waals surface area contributed by atoms with E-state index < -0.39 is 0 Å². The summed E-state index contributed by atoms with van der Waals surface area (Å²) in [5.74, 6) is 0.925. The van der Waals surface area contributed by atoms with Gasteiger partial charge in [-0.25, -0.2) is 9.89 Å². The van der Waals surface area contributed by atoms with Gasteiger partial charge in [0.1, 0.15) is 0 Å². The van der Waals surface area contributed by atoms with Crippen LogP contribution in [-0.2, 0) is 0 Å². The lowest BCUT2D eigenvalue weighted by Crippen LogP contribution is -2.16. The Morgan fingerprint density at radius 3 is 2.77 bits per heavy atom. The molecule has 3 rings (SSSR count). The number of halogens is 1. The van der Waals surface area contributed by atoms with Crippen LogP contribution < -0.4 is 5.69 Å². The van der Waals surface area contributed by atoms with Gasteiger partial charge in [0.25, 0.3) is 0 Å². The number of hydrogen-bond acceptors (Lipinski definition) is 4. The van der Waals surface area contributed by atoms with Crippen molar-refractivity contribution < 1.29 is 4.79 Å². The molecule has 1 heterocycles. The highest BCUT2D eigenvalue weighted by Gasteiger charge is 2.28. The summed E-state index contributed by atoms with van der Waals surface area (Å²) < 4.78 is 2.71. The predicted molar refractivity (Wildman–Crippen MR) is 89.5 cm³/mol. The summed E-state index contributed by atoms with van der Waals surface area (Å²) in [4.78, 5) is 23.7. The smallest absolute Gasteiger partial charge is 0.294 e. The van der Waals surface area contributed by atoms with Gasteiger partial charge in [-0.15, -0.1) is 5.10 Å². The summed E-state index contributed by atoms with van der Waals surface area (Å²) in [5.41, 5.74) is 0.610. The first-order chi connectivity index (χ1) is 10.6. The van der Waals surface area contributed by atoms with Gasteiger partial charge in [0.15, 0.2) is 10.9 Å². The van der Waals surface area contributed by atoms with Crippen molar-refractivity contribution in [1.29, 1.82) is 0 Å². The standard InChI is InChI=1S/C15H16BrN3O2S/c16-11-5-3-10(4-6-11)13(20)2-1-9-22-15-18-17-14(21)19(15)12-7-8-12/h3-6,12H,1-2,7-9H2,(H,17,21). The van der Waals surface area contributed by atoms with Gasteiger partial charge in [-0.05, 0) is 31.4 Å². The molecule has 0 radical (unpaired) electrons. The van der Waals surface area contributed by atoms with E-state index in [0.29, 0.717) is 12.5 Å². The normalized spacial score (nSPS) is 14.2. The van der Waals surface area contributed by atoms with Crippen molar-refractivity contribution >= 4 is 33.5 Å². The highest BCUT2D eigenvalue weighted by molar-refractivity contribution is 9.10. The van der Waals surface area contributed by atoms with Crippen molar-refractivity contribution in [3.63, 3.8) is 0 Å². The molecule has 0 unspecified atom stereocenters. The molecule has 2 aromatic rings. The second-order valence-electron chi connectivity index (χ2n) is 5.29. The van der Waals surface area contributed by atoms with Crippen LogP contribution in [0.4, 0.5) is 0 Å². The van der Waals surface area contributed by atoms with Crippen LogP contribution in [0.15, 0.2) is 38.7 Å². The van der Waals surface area contributed by atoms with Crippen LogP contribution in [0.3, 0.4) is 0 Å². The molecule has 5 nitrogen and oxygen atoms in total. The van der Waals surface area contributed by atoms with Crippen molar-refractivity contribution in [2.75, 3.05) is 5.75 Å². The molecule has 0 bridgehead atoms. The number of rotatable bonds is 7. The first-order valence-electron chi connectivity index (χ1n) is 7.23. The maximum absolute atomic E-state index is 12.1. The van der Waals surface area contributed by atoms with Gasteiger partial charge >= 0.3 is 5.69 Å². The van der Waals surface area contributed by atoms with E-state index in [1.807, 2.05) is 24.3 Å². The zero-order valence-corrected chi connectivity index (χ0v) is 14.3. The summed E-state index contributed by atoms with van der Waals surface area (Å²) in [6, 6.07) is 7.73. The Balaban J connectivity index is 1.48. The lowest BCUT2D eigenvalue weighted by molar-refractivity contribution is 0.0982. The number of benzene rings is 1. The van der Waals surface area contributed by atoms with Crippen molar-refractivity contribution in [3.8, 4) is 0 Å². The molecule has 0 atom stereocenters. The molecule has 1 aromatic heterocycles. The summed E-state index contributed by atoms with van der Waals surface area (Å²) >= 11 is 4.89. The highest BCUT2D eigenvalue weighted by Crippen LogP contribution is 2.36. The summed E-state index contributed by atoms with van der Waals surface area (Å²) in [5, 5.41) is 7.30. The van der Waals surface area contributed by atoms with Crippen molar-refractivity contribution in [2.45, 2.75) is 36.9 Å². The van der Waals surface area contributed by atoms with Gasteiger partial charge in [0.05, 0.1) is 0 Å². The van der Waals surface area contributed by atoms with Crippen molar-refractivity contribution in [3.05, 3.63) is 44.8 Å². The van der Waals surface area contributed by atoms with E-state index in [0.717, 1.165) is 40.2 Å². The Morgan fingerprint density at radius 2 is 2.09 bits per heavy atom. The summed E-state index contributed by atoms with van der Waals surface area (Å²) in [7, 11) is 0. The minimum atomic E-state index is -0.129.